The summed E-state index contributed by atoms with van der Waals surface area (Å²) in [7, 11) is 0. The molecular formula is C10H14BrCl. The molecule has 0 aliphatic heterocycles. The summed E-state index contributed by atoms with van der Waals surface area (Å²) in [4.78, 5) is 0. The Morgan fingerprint density at radius 3 is 2.33 bits per heavy atom. The van der Waals surface area contributed by atoms with E-state index in [2.05, 4.69) is 35.0 Å². The Kier molecular flexibility index (Phi) is 6.49. The van der Waals surface area contributed by atoms with Crippen molar-refractivity contribution in [3.8, 4) is 0 Å². The van der Waals surface area contributed by atoms with Gasteiger partial charge in [0.05, 0.1) is 0 Å². The van der Waals surface area contributed by atoms with Crippen molar-refractivity contribution in [1.82, 2.24) is 0 Å². The molecule has 1 rings (SSSR count). The van der Waals surface area contributed by atoms with Crippen molar-refractivity contribution in [3.63, 3.8) is 0 Å². The Bertz CT molecular complexity index is 233. The van der Waals surface area contributed by atoms with Gasteiger partial charge in [0.2, 0.25) is 0 Å². The highest BCUT2D eigenvalue weighted by atomic mass is 79.9. The summed E-state index contributed by atoms with van der Waals surface area (Å²) in [5, 5.41) is 0. The van der Waals surface area contributed by atoms with Gasteiger partial charge < -0.3 is 0 Å². The van der Waals surface area contributed by atoms with E-state index in [-0.39, 0.29) is 0 Å². The predicted molar refractivity (Wildman–Crippen MR) is 59.8 cm³/mol. The maximum Gasteiger partial charge on any atom is 0.0485 e. The molecule has 0 aliphatic rings. The van der Waals surface area contributed by atoms with Gasteiger partial charge in [0.15, 0.2) is 0 Å². The second-order valence-corrected chi connectivity index (χ2v) is 3.35. The zero-order valence-electron chi connectivity index (χ0n) is 7.70. The molecule has 0 spiro atoms. The molecule has 0 saturated carbocycles. The van der Waals surface area contributed by atoms with Gasteiger partial charge >= 0.3 is 0 Å². The van der Waals surface area contributed by atoms with Crippen LogP contribution in [-0.4, -0.2) is 0 Å². The minimum Gasteiger partial charge on any atom is -0.122 e. The van der Waals surface area contributed by atoms with Crippen LogP contribution in [-0.2, 0) is 5.88 Å². The average molecular weight is 250 g/mol. The van der Waals surface area contributed by atoms with Crippen LogP contribution in [0.25, 0.3) is 0 Å². The highest BCUT2D eigenvalue weighted by molar-refractivity contribution is 9.10. The predicted octanol–water partition coefficient (Wildman–Crippen LogP) is 4.52. The Hall–Kier alpha value is -0.0100. The summed E-state index contributed by atoms with van der Waals surface area (Å²) in [5.41, 5.74) is 2.40. The monoisotopic (exact) mass is 248 g/mol. The topological polar surface area (TPSA) is 0 Å². The fourth-order valence-corrected chi connectivity index (χ4v) is 1.58. The highest BCUT2D eigenvalue weighted by Gasteiger charge is 1.96. The third kappa shape index (κ3) is 3.59. The number of hydrogen-bond donors (Lipinski definition) is 0. The first kappa shape index (κ1) is 12.0. The minimum atomic E-state index is 0.572. The molecule has 2 heteroatoms. The van der Waals surface area contributed by atoms with Crippen LogP contribution in [0.5, 0.6) is 0 Å². The molecule has 0 saturated heterocycles. The molecule has 0 aliphatic carbocycles. The maximum absolute atomic E-state index is 5.67. The highest BCUT2D eigenvalue weighted by Crippen LogP contribution is 2.19. The van der Waals surface area contributed by atoms with E-state index < -0.39 is 0 Å². The van der Waals surface area contributed by atoms with Crippen molar-refractivity contribution in [2.75, 3.05) is 0 Å². The Morgan fingerprint density at radius 2 is 1.92 bits per heavy atom. The van der Waals surface area contributed by atoms with E-state index in [1.807, 2.05) is 19.9 Å². The number of rotatable bonds is 1. The summed E-state index contributed by atoms with van der Waals surface area (Å²) in [6.45, 7) is 6.06. The Morgan fingerprint density at radius 1 is 1.33 bits per heavy atom. The largest absolute Gasteiger partial charge is 0.122 e. The summed E-state index contributed by atoms with van der Waals surface area (Å²) in [6, 6.07) is 6.16. The lowest BCUT2D eigenvalue weighted by Gasteiger charge is -1.99. The molecule has 0 radical (unpaired) electrons. The molecule has 0 unspecified atom stereocenters. The molecule has 0 amide bonds. The van der Waals surface area contributed by atoms with Gasteiger partial charge in [0, 0.05) is 10.4 Å². The second kappa shape index (κ2) is 6.50. The van der Waals surface area contributed by atoms with Gasteiger partial charge in [-0.15, -0.1) is 11.6 Å². The molecule has 12 heavy (non-hydrogen) atoms. The normalized spacial score (nSPS) is 8.75. The number of benzene rings is 1. The van der Waals surface area contributed by atoms with E-state index in [1.54, 1.807) is 0 Å². The van der Waals surface area contributed by atoms with Crippen molar-refractivity contribution >= 4 is 27.5 Å². The molecular weight excluding hydrogens is 235 g/mol. The number of hydrogen-bond acceptors (Lipinski definition) is 0. The fourth-order valence-electron chi connectivity index (χ4n) is 0.806. The number of alkyl halides is 1. The first-order valence-corrected chi connectivity index (χ1v) is 5.38. The first-order valence-electron chi connectivity index (χ1n) is 4.05. The number of halogens is 2. The van der Waals surface area contributed by atoms with Gasteiger partial charge in [0.1, 0.15) is 0 Å². The lowest BCUT2D eigenvalue weighted by atomic mass is 10.2. The van der Waals surface area contributed by atoms with E-state index in [1.165, 1.54) is 5.56 Å². The molecule has 1 aromatic rings. The average Bonchev–Trinajstić information content (AvgIpc) is 2.13. The van der Waals surface area contributed by atoms with Crippen molar-refractivity contribution in [2.24, 2.45) is 0 Å². The van der Waals surface area contributed by atoms with Crippen LogP contribution in [0.3, 0.4) is 0 Å². The van der Waals surface area contributed by atoms with Crippen molar-refractivity contribution in [1.29, 1.82) is 0 Å². The summed E-state index contributed by atoms with van der Waals surface area (Å²) >= 11 is 9.08. The zero-order valence-corrected chi connectivity index (χ0v) is 10.0. The Labute approximate surface area is 88.1 Å². The summed E-state index contributed by atoms with van der Waals surface area (Å²) in [5.74, 6) is 0.572. The second-order valence-electron chi connectivity index (χ2n) is 2.23. The van der Waals surface area contributed by atoms with Crippen molar-refractivity contribution in [3.05, 3.63) is 33.8 Å². The van der Waals surface area contributed by atoms with Crippen LogP contribution in [0.4, 0.5) is 0 Å². The van der Waals surface area contributed by atoms with E-state index in [0.29, 0.717) is 5.88 Å². The van der Waals surface area contributed by atoms with Gasteiger partial charge in [-0.3, -0.25) is 0 Å². The maximum atomic E-state index is 5.67. The summed E-state index contributed by atoms with van der Waals surface area (Å²) in [6.07, 6.45) is 0. The first-order chi connectivity index (χ1) is 5.74. The van der Waals surface area contributed by atoms with Gasteiger partial charge in [0.25, 0.3) is 0 Å². The van der Waals surface area contributed by atoms with Gasteiger partial charge in [-0.2, -0.15) is 0 Å². The van der Waals surface area contributed by atoms with Gasteiger partial charge in [-0.05, 0) is 18.6 Å². The SMILES string of the molecule is CC.Cc1ccc(Br)c(CCl)c1. The van der Waals surface area contributed by atoms with Crippen LogP contribution in [0, 0.1) is 6.92 Å². The molecule has 0 fully saturated rings. The van der Waals surface area contributed by atoms with Gasteiger partial charge in [-0.25, -0.2) is 0 Å². The molecule has 0 heterocycles. The molecule has 0 atom stereocenters. The van der Waals surface area contributed by atoms with E-state index in [9.17, 15) is 0 Å². The van der Waals surface area contributed by atoms with Crippen LogP contribution in [0.1, 0.15) is 25.0 Å². The molecule has 0 N–H and O–H groups in total. The molecule has 0 aromatic heterocycles. The minimum absolute atomic E-state index is 0.572. The van der Waals surface area contributed by atoms with Crippen molar-refractivity contribution < 1.29 is 0 Å². The van der Waals surface area contributed by atoms with Gasteiger partial charge in [-0.1, -0.05) is 47.5 Å². The lowest BCUT2D eigenvalue weighted by molar-refractivity contribution is 1.32. The van der Waals surface area contributed by atoms with Crippen LogP contribution in [0.15, 0.2) is 22.7 Å². The van der Waals surface area contributed by atoms with E-state index in [4.69, 9.17) is 11.6 Å². The standard InChI is InChI=1S/C8H8BrCl.C2H6/c1-6-2-3-8(9)7(4-6)5-10;1-2/h2-4H,5H2,1H3;1-2H3. The Balaban J connectivity index is 0.000000561. The van der Waals surface area contributed by atoms with Crippen LogP contribution >= 0.6 is 27.5 Å². The zero-order chi connectivity index (χ0) is 9.56. The smallest absolute Gasteiger partial charge is 0.0485 e. The molecule has 1 aromatic carbocycles. The fraction of sp³-hybridized carbons (Fsp3) is 0.400. The number of aryl methyl sites for hydroxylation is 1. The van der Waals surface area contributed by atoms with Crippen LogP contribution in [0.2, 0.25) is 0 Å². The molecule has 68 valence electrons. The van der Waals surface area contributed by atoms with Crippen LogP contribution < -0.4 is 0 Å². The van der Waals surface area contributed by atoms with E-state index in [0.717, 1.165) is 10.0 Å². The van der Waals surface area contributed by atoms with E-state index >= 15 is 0 Å². The molecule has 0 bridgehead atoms. The third-order valence-corrected chi connectivity index (χ3v) is 2.41. The lowest BCUT2D eigenvalue weighted by Crippen LogP contribution is -1.81. The third-order valence-electron chi connectivity index (χ3n) is 1.35. The van der Waals surface area contributed by atoms with Crippen molar-refractivity contribution in [2.45, 2.75) is 26.7 Å². The quantitative estimate of drug-likeness (QED) is 0.642. The molecule has 0 nitrogen and oxygen atoms in total. The summed E-state index contributed by atoms with van der Waals surface area (Å²) < 4.78 is 1.09.